The van der Waals surface area contributed by atoms with Gasteiger partial charge in [-0.1, -0.05) is 0 Å². The molecule has 72 valence electrons. The van der Waals surface area contributed by atoms with Gasteiger partial charge in [-0.15, -0.1) is 0 Å². The molecule has 0 radical (unpaired) electrons. The Kier molecular flexibility index (Phi) is 3.24. The van der Waals surface area contributed by atoms with Crippen molar-refractivity contribution in [1.29, 1.82) is 0 Å². The highest BCUT2D eigenvalue weighted by atomic mass is 16.5. The van der Waals surface area contributed by atoms with Crippen LogP contribution in [-0.2, 0) is 9.53 Å². The number of hydrogen-bond acceptors (Lipinski definition) is 3. The molecular weight excluding hydrogens is 158 g/mol. The summed E-state index contributed by atoms with van der Waals surface area (Å²) in [5.41, 5.74) is 3.79. The van der Waals surface area contributed by atoms with Crippen LogP contribution >= 0.6 is 0 Å². The largest absolute Gasteiger partial charge is 0.480 e. The third-order valence-corrected chi connectivity index (χ3v) is 1.29. The zero-order chi connectivity index (χ0) is 9.99. The van der Waals surface area contributed by atoms with E-state index < -0.39 is 11.5 Å². The molecule has 4 nitrogen and oxygen atoms in total. The van der Waals surface area contributed by atoms with Gasteiger partial charge in [0.2, 0.25) is 0 Å². The predicted octanol–water partition coefficient (Wildman–Crippen LogP) is 0.603. The van der Waals surface area contributed by atoms with Crippen molar-refractivity contribution in [2.24, 2.45) is 5.73 Å². The lowest BCUT2D eigenvalue weighted by atomic mass is 10.1. The summed E-state index contributed by atoms with van der Waals surface area (Å²) >= 11 is 0. The number of nitrogens with two attached hydrogens (primary N) is 1. The van der Waals surface area contributed by atoms with E-state index >= 15 is 0 Å². The second kappa shape index (κ2) is 3.41. The lowest BCUT2D eigenvalue weighted by Gasteiger charge is -2.26. The van der Waals surface area contributed by atoms with E-state index in [0.717, 1.165) is 0 Å². The lowest BCUT2D eigenvalue weighted by Crippen LogP contribution is -2.50. The van der Waals surface area contributed by atoms with Gasteiger partial charge in [-0.25, -0.2) is 0 Å². The number of carbonyl (C=O) groups is 1. The van der Waals surface area contributed by atoms with Crippen molar-refractivity contribution >= 4 is 5.97 Å². The molecule has 0 aromatic rings. The molecule has 1 atom stereocenters. The molecule has 0 bridgehead atoms. The van der Waals surface area contributed by atoms with E-state index in [1.807, 2.05) is 20.8 Å². The van der Waals surface area contributed by atoms with Gasteiger partial charge in [-0.3, -0.25) is 4.79 Å². The van der Waals surface area contributed by atoms with Gasteiger partial charge < -0.3 is 15.6 Å². The van der Waals surface area contributed by atoms with Gasteiger partial charge in [-0.05, 0) is 27.7 Å². The number of carboxylic acids is 1. The normalized spacial score (nSPS) is 17.1. The predicted molar refractivity (Wildman–Crippen MR) is 45.9 cm³/mol. The highest BCUT2D eigenvalue weighted by Gasteiger charge is 2.30. The second-order valence-corrected chi connectivity index (χ2v) is 4.12. The van der Waals surface area contributed by atoms with E-state index in [1.165, 1.54) is 6.92 Å². The molecule has 0 spiro atoms. The molecule has 4 heteroatoms. The summed E-state index contributed by atoms with van der Waals surface area (Å²) < 4.78 is 5.25. The molecular formula is C8H17NO3. The van der Waals surface area contributed by atoms with Gasteiger partial charge in [0.25, 0.3) is 0 Å². The summed E-state index contributed by atoms with van der Waals surface area (Å²) in [6, 6.07) is 0. The maximum absolute atomic E-state index is 10.5. The minimum absolute atomic E-state index is 0.0197. The topological polar surface area (TPSA) is 72.5 Å². The van der Waals surface area contributed by atoms with Crippen LogP contribution in [0.4, 0.5) is 0 Å². The van der Waals surface area contributed by atoms with Crippen molar-refractivity contribution in [3.05, 3.63) is 0 Å². The van der Waals surface area contributed by atoms with Gasteiger partial charge in [0, 0.05) is 0 Å². The van der Waals surface area contributed by atoms with Crippen LogP contribution in [0.25, 0.3) is 0 Å². The molecule has 0 fully saturated rings. The van der Waals surface area contributed by atoms with Crippen LogP contribution in [0.1, 0.15) is 27.7 Å². The molecule has 0 saturated heterocycles. The van der Waals surface area contributed by atoms with Crippen LogP contribution in [0.2, 0.25) is 0 Å². The third kappa shape index (κ3) is 4.31. The maximum Gasteiger partial charge on any atom is 0.325 e. The first-order chi connectivity index (χ1) is 5.15. The number of carboxylic acid groups (broad SMARTS) is 1. The molecule has 0 aliphatic carbocycles. The molecule has 0 rings (SSSR count). The Hall–Kier alpha value is -0.610. The first-order valence-electron chi connectivity index (χ1n) is 3.81. The fourth-order valence-electron chi connectivity index (χ4n) is 0.428. The van der Waals surface area contributed by atoms with E-state index in [2.05, 4.69) is 0 Å². The van der Waals surface area contributed by atoms with E-state index in [0.29, 0.717) is 0 Å². The molecule has 12 heavy (non-hydrogen) atoms. The highest BCUT2D eigenvalue weighted by Crippen LogP contribution is 2.10. The summed E-state index contributed by atoms with van der Waals surface area (Å²) in [5.74, 6) is -1.05. The van der Waals surface area contributed by atoms with Crippen molar-refractivity contribution in [1.82, 2.24) is 0 Å². The van der Waals surface area contributed by atoms with Crippen molar-refractivity contribution in [2.45, 2.75) is 38.8 Å². The number of hydrogen-bond donors (Lipinski definition) is 2. The van der Waals surface area contributed by atoms with Gasteiger partial charge >= 0.3 is 5.97 Å². The zero-order valence-corrected chi connectivity index (χ0v) is 8.05. The van der Waals surface area contributed by atoms with Crippen molar-refractivity contribution in [3.63, 3.8) is 0 Å². The fourth-order valence-corrected chi connectivity index (χ4v) is 0.428. The summed E-state index contributed by atoms with van der Waals surface area (Å²) in [4.78, 5) is 10.5. The molecule has 0 heterocycles. The van der Waals surface area contributed by atoms with E-state index in [9.17, 15) is 4.79 Å². The minimum Gasteiger partial charge on any atom is -0.480 e. The zero-order valence-electron chi connectivity index (χ0n) is 8.05. The first-order valence-corrected chi connectivity index (χ1v) is 3.81. The molecule has 3 N–H and O–H groups in total. The van der Waals surface area contributed by atoms with Crippen LogP contribution in [0.5, 0.6) is 0 Å². The average molecular weight is 175 g/mol. The van der Waals surface area contributed by atoms with E-state index in [-0.39, 0.29) is 12.2 Å². The Morgan fingerprint density at radius 3 is 2.08 bits per heavy atom. The van der Waals surface area contributed by atoms with Crippen LogP contribution < -0.4 is 5.73 Å². The Balaban J connectivity index is 4.01. The van der Waals surface area contributed by atoms with Gasteiger partial charge in [-0.2, -0.15) is 0 Å². The molecule has 0 aliphatic rings. The van der Waals surface area contributed by atoms with Gasteiger partial charge in [0.05, 0.1) is 12.2 Å². The number of rotatable bonds is 3. The standard InChI is InChI=1S/C8H17NO3/c1-7(2,3)12-5-8(4,9)6(10)11/h5,9H2,1-4H3,(H,10,11). The Bertz CT molecular complexity index is 170. The summed E-state index contributed by atoms with van der Waals surface area (Å²) in [7, 11) is 0. The maximum atomic E-state index is 10.5. The molecule has 0 aliphatic heterocycles. The van der Waals surface area contributed by atoms with Crippen molar-refractivity contribution < 1.29 is 14.6 Å². The monoisotopic (exact) mass is 175 g/mol. The fraction of sp³-hybridized carbons (Fsp3) is 0.875. The van der Waals surface area contributed by atoms with Gasteiger partial charge in [0.1, 0.15) is 5.54 Å². The summed E-state index contributed by atoms with van der Waals surface area (Å²) in [6.07, 6.45) is 0. The highest BCUT2D eigenvalue weighted by molar-refractivity contribution is 5.78. The Morgan fingerprint density at radius 2 is 1.83 bits per heavy atom. The third-order valence-electron chi connectivity index (χ3n) is 1.29. The van der Waals surface area contributed by atoms with Crippen LogP contribution in [0.3, 0.4) is 0 Å². The molecule has 0 saturated carbocycles. The van der Waals surface area contributed by atoms with E-state index in [1.54, 1.807) is 0 Å². The minimum atomic E-state index is -1.30. The number of aliphatic carboxylic acids is 1. The molecule has 0 amide bonds. The molecule has 1 unspecified atom stereocenters. The van der Waals surface area contributed by atoms with Crippen molar-refractivity contribution in [3.8, 4) is 0 Å². The van der Waals surface area contributed by atoms with Crippen molar-refractivity contribution in [2.75, 3.05) is 6.61 Å². The van der Waals surface area contributed by atoms with Gasteiger partial charge in [0.15, 0.2) is 0 Å². The summed E-state index contributed by atoms with van der Waals surface area (Å²) in [6.45, 7) is 7.01. The number of ether oxygens (including phenoxy) is 1. The van der Waals surface area contributed by atoms with Crippen LogP contribution in [-0.4, -0.2) is 28.8 Å². The lowest BCUT2D eigenvalue weighted by molar-refractivity contribution is -0.147. The SMILES string of the molecule is CC(C)(C)OCC(C)(N)C(=O)O. The summed E-state index contributed by atoms with van der Waals surface area (Å²) in [5, 5.41) is 8.63. The quantitative estimate of drug-likeness (QED) is 0.659. The first kappa shape index (κ1) is 11.4. The van der Waals surface area contributed by atoms with Crippen LogP contribution in [0.15, 0.2) is 0 Å². The van der Waals surface area contributed by atoms with Crippen LogP contribution in [0, 0.1) is 0 Å². The Morgan fingerprint density at radius 1 is 1.42 bits per heavy atom. The molecule has 0 aromatic heterocycles. The smallest absolute Gasteiger partial charge is 0.325 e. The molecule has 0 aromatic carbocycles. The Labute approximate surface area is 72.7 Å². The second-order valence-electron chi connectivity index (χ2n) is 4.12. The average Bonchev–Trinajstić information content (AvgIpc) is 1.82. The van der Waals surface area contributed by atoms with E-state index in [4.69, 9.17) is 15.6 Å².